The standard InChI is InChI=1S/C11H17NO.ClH/c1-4-13-11-8(2)6-5-7-10(11)9(3)12;/h5-7,9H,4,12H2,1-3H3;1H. The first-order valence-corrected chi connectivity index (χ1v) is 4.64. The molecule has 14 heavy (non-hydrogen) atoms. The molecule has 1 aromatic rings. The fourth-order valence-corrected chi connectivity index (χ4v) is 1.38. The number of hydrogen-bond donors (Lipinski definition) is 1. The summed E-state index contributed by atoms with van der Waals surface area (Å²) in [5, 5.41) is 0. The van der Waals surface area contributed by atoms with Crippen LogP contribution in [0.2, 0.25) is 0 Å². The highest BCUT2D eigenvalue weighted by Crippen LogP contribution is 2.27. The van der Waals surface area contributed by atoms with E-state index in [1.165, 1.54) is 0 Å². The molecule has 1 rings (SSSR count). The lowest BCUT2D eigenvalue weighted by Gasteiger charge is -2.15. The van der Waals surface area contributed by atoms with Gasteiger partial charge in [-0.15, -0.1) is 12.4 Å². The minimum atomic E-state index is 0. The average Bonchev–Trinajstić information content (AvgIpc) is 2.08. The molecule has 2 nitrogen and oxygen atoms in total. The summed E-state index contributed by atoms with van der Waals surface area (Å²) < 4.78 is 5.55. The van der Waals surface area contributed by atoms with Gasteiger partial charge in [0.05, 0.1) is 6.61 Å². The third-order valence-electron chi connectivity index (χ3n) is 2.02. The van der Waals surface area contributed by atoms with E-state index in [9.17, 15) is 0 Å². The van der Waals surface area contributed by atoms with Crippen LogP contribution in [0.3, 0.4) is 0 Å². The van der Waals surface area contributed by atoms with Gasteiger partial charge < -0.3 is 10.5 Å². The van der Waals surface area contributed by atoms with E-state index < -0.39 is 0 Å². The van der Waals surface area contributed by atoms with Crippen LogP contribution in [0.5, 0.6) is 5.75 Å². The highest BCUT2D eigenvalue weighted by molar-refractivity contribution is 5.85. The average molecular weight is 216 g/mol. The quantitative estimate of drug-likeness (QED) is 0.842. The third kappa shape index (κ3) is 2.89. The molecule has 0 aliphatic heterocycles. The first-order valence-electron chi connectivity index (χ1n) is 4.64. The molecule has 80 valence electrons. The summed E-state index contributed by atoms with van der Waals surface area (Å²) in [5.41, 5.74) is 8.07. The van der Waals surface area contributed by atoms with E-state index in [-0.39, 0.29) is 18.4 Å². The maximum absolute atomic E-state index is 5.83. The van der Waals surface area contributed by atoms with Gasteiger partial charge in [-0.25, -0.2) is 0 Å². The van der Waals surface area contributed by atoms with E-state index in [0.717, 1.165) is 16.9 Å². The van der Waals surface area contributed by atoms with Gasteiger partial charge in [0, 0.05) is 11.6 Å². The second-order valence-corrected chi connectivity index (χ2v) is 3.21. The third-order valence-corrected chi connectivity index (χ3v) is 2.02. The van der Waals surface area contributed by atoms with Crippen molar-refractivity contribution in [3.05, 3.63) is 29.3 Å². The Morgan fingerprint density at radius 3 is 2.57 bits per heavy atom. The number of nitrogens with two attached hydrogens (primary N) is 1. The van der Waals surface area contributed by atoms with Crippen LogP contribution < -0.4 is 10.5 Å². The molecule has 0 aliphatic carbocycles. The molecule has 0 aromatic heterocycles. The molecule has 0 spiro atoms. The van der Waals surface area contributed by atoms with Crippen molar-refractivity contribution in [3.8, 4) is 5.75 Å². The summed E-state index contributed by atoms with van der Waals surface area (Å²) in [6, 6.07) is 6.09. The SMILES string of the molecule is CCOc1c(C)cccc1C(C)N.Cl. The zero-order chi connectivity index (χ0) is 9.84. The largest absolute Gasteiger partial charge is 0.493 e. The van der Waals surface area contributed by atoms with Crippen LogP contribution in [0.1, 0.15) is 31.0 Å². The molecule has 0 heterocycles. The molecule has 0 radical (unpaired) electrons. The fourth-order valence-electron chi connectivity index (χ4n) is 1.38. The van der Waals surface area contributed by atoms with Crippen molar-refractivity contribution in [1.29, 1.82) is 0 Å². The van der Waals surface area contributed by atoms with Crippen LogP contribution in [0.4, 0.5) is 0 Å². The van der Waals surface area contributed by atoms with Crippen molar-refractivity contribution in [2.75, 3.05) is 6.61 Å². The summed E-state index contributed by atoms with van der Waals surface area (Å²) in [6.07, 6.45) is 0. The summed E-state index contributed by atoms with van der Waals surface area (Å²) in [5.74, 6) is 0.944. The zero-order valence-electron chi connectivity index (χ0n) is 8.91. The molecule has 0 amide bonds. The van der Waals surface area contributed by atoms with Gasteiger partial charge in [0.15, 0.2) is 0 Å². The number of rotatable bonds is 3. The predicted octanol–water partition coefficient (Wildman–Crippen LogP) is 2.84. The highest BCUT2D eigenvalue weighted by atomic mass is 35.5. The van der Waals surface area contributed by atoms with Crippen LogP contribution in [-0.2, 0) is 0 Å². The molecule has 3 heteroatoms. The number of hydrogen-bond acceptors (Lipinski definition) is 2. The van der Waals surface area contributed by atoms with Crippen molar-refractivity contribution in [3.63, 3.8) is 0 Å². The van der Waals surface area contributed by atoms with Crippen LogP contribution in [0.15, 0.2) is 18.2 Å². The lowest BCUT2D eigenvalue weighted by molar-refractivity contribution is 0.332. The molecule has 0 aliphatic rings. The van der Waals surface area contributed by atoms with Gasteiger partial charge in [-0.3, -0.25) is 0 Å². The lowest BCUT2D eigenvalue weighted by atomic mass is 10.0. The molecular weight excluding hydrogens is 198 g/mol. The Morgan fingerprint density at radius 1 is 1.43 bits per heavy atom. The molecule has 1 atom stereocenters. The monoisotopic (exact) mass is 215 g/mol. The van der Waals surface area contributed by atoms with Crippen LogP contribution in [0, 0.1) is 6.92 Å². The molecule has 0 bridgehead atoms. The molecule has 1 aromatic carbocycles. The van der Waals surface area contributed by atoms with Crippen LogP contribution in [-0.4, -0.2) is 6.61 Å². The van der Waals surface area contributed by atoms with E-state index in [0.29, 0.717) is 6.61 Å². The van der Waals surface area contributed by atoms with Crippen LogP contribution >= 0.6 is 12.4 Å². The number of aryl methyl sites for hydroxylation is 1. The molecular formula is C11H18ClNO. The Morgan fingerprint density at radius 2 is 2.07 bits per heavy atom. The minimum absolute atomic E-state index is 0. The smallest absolute Gasteiger partial charge is 0.126 e. The van der Waals surface area contributed by atoms with Crippen molar-refractivity contribution >= 4 is 12.4 Å². The summed E-state index contributed by atoms with van der Waals surface area (Å²) in [6.45, 7) is 6.68. The predicted molar refractivity (Wildman–Crippen MR) is 62.2 cm³/mol. The number of halogens is 1. The summed E-state index contributed by atoms with van der Waals surface area (Å²) in [4.78, 5) is 0. The Labute approximate surface area is 91.9 Å². The van der Waals surface area contributed by atoms with E-state index in [4.69, 9.17) is 10.5 Å². The van der Waals surface area contributed by atoms with Crippen LogP contribution in [0.25, 0.3) is 0 Å². The first kappa shape index (κ1) is 13.3. The molecule has 0 saturated carbocycles. The van der Waals surface area contributed by atoms with Gasteiger partial charge in [-0.2, -0.15) is 0 Å². The van der Waals surface area contributed by atoms with E-state index in [1.54, 1.807) is 0 Å². The topological polar surface area (TPSA) is 35.2 Å². The molecule has 0 saturated heterocycles. The van der Waals surface area contributed by atoms with E-state index in [1.807, 2.05) is 39.0 Å². The molecule has 0 fully saturated rings. The fraction of sp³-hybridized carbons (Fsp3) is 0.455. The Bertz CT molecular complexity index is 287. The zero-order valence-corrected chi connectivity index (χ0v) is 9.73. The van der Waals surface area contributed by atoms with Gasteiger partial charge in [-0.05, 0) is 26.3 Å². The normalized spacial score (nSPS) is 11.7. The Hall–Kier alpha value is -0.730. The summed E-state index contributed by atoms with van der Waals surface area (Å²) >= 11 is 0. The van der Waals surface area contributed by atoms with Gasteiger partial charge >= 0.3 is 0 Å². The maximum Gasteiger partial charge on any atom is 0.126 e. The van der Waals surface area contributed by atoms with E-state index >= 15 is 0 Å². The Kier molecular flexibility index (Phi) is 5.58. The Balaban J connectivity index is 0.00000169. The minimum Gasteiger partial charge on any atom is -0.493 e. The second kappa shape index (κ2) is 5.89. The molecule has 1 unspecified atom stereocenters. The molecule has 2 N–H and O–H groups in total. The van der Waals surface area contributed by atoms with Gasteiger partial charge in [0.2, 0.25) is 0 Å². The highest BCUT2D eigenvalue weighted by Gasteiger charge is 2.09. The van der Waals surface area contributed by atoms with Gasteiger partial charge in [0.25, 0.3) is 0 Å². The van der Waals surface area contributed by atoms with Gasteiger partial charge in [0.1, 0.15) is 5.75 Å². The van der Waals surface area contributed by atoms with Crippen molar-refractivity contribution in [2.45, 2.75) is 26.8 Å². The lowest BCUT2D eigenvalue weighted by Crippen LogP contribution is -2.08. The number of ether oxygens (including phenoxy) is 1. The van der Waals surface area contributed by atoms with Crippen molar-refractivity contribution in [1.82, 2.24) is 0 Å². The summed E-state index contributed by atoms with van der Waals surface area (Å²) in [7, 11) is 0. The number of benzene rings is 1. The maximum atomic E-state index is 5.83. The van der Waals surface area contributed by atoms with Crippen molar-refractivity contribution < 1.29 is 4.74 Å². The second-order valence-electron chi connectivity index (χ2n) is 3.21. The number of para-hydroxylation sites is 1. The van der Waals surface area contributed by atoms with Gasteiger partial charge in [-0.1, -0.05) is 18.2 Å². The first-order chi connectivity index (χ1) is 6.16. The van der Waals surface area contributed by atoms with E-state index in [2.05, 4.69) is 0 Å². The van der Waals surface area contributed by atoms with Crippen molar-refractivity contribution in [2.24, 2.45) is 5.73 Å².